The maximum Gasteiger partial charge on any atom is 0.167 e. The molecule has 3 rings (SSSR count). The minimum Gasteiger partial charge on any atom is -0.393 e. The summed E-state index contributed by atoms with van der Waals surface area (Å²) in [6, 6.07) is 0. The Morgan fingerprint density at radius 1 is 1.55 bits per heavy atom. The SMILES string of the molecule is [N-]=[N+]=NC[C@]1(CO)O[C@@H](n2cnc3c(N)ncnc32)CC1O. The Bertz CT molecular complexity index is 742. The fourth-order valence-corrected chi connectivity index (χ4v) is 2.54. The van der Waals surface area contributed by atoms with Crippen LogP contribution in [-0.4, -0.2) is 54.6 Å². The van der Waals surface area contributed by atoms with Crippen LogP contribution in [0.3, 0.4) is 0 Å². The first-order valence-electron chi connectivity index (χ1n) is 6.52. The number of nitrogens with zero attached hydrogens (tertiary/aromatic N) is 7. The van der Waals surface area contributed by atoms with Crippen molar-refractivity contribution in [1.82, 2.24) is 19.5 Å². The second-order valence-electron chi connectivity index (χ2n) is 5.02. The molecule has 0 spiro atoms. The summed E-state index contributed by atoms with van der Waals surface area (Å²) in [5.41, 5.74) is 13.7. The first-order chi connectivity index (χ1) is 10.6. The lowest BCUT2D eigenvalue weighted by molar-refractivity contribution is -0.120. The van der Waals surface area contributed by atoms with E-state index in [1.807, 2.05) is 0 Å². The van der Waals surface area contributed by atoms with Crippen molar-refractivity contribution in [2.75, 3.05) is 18.9 Å². The molecular weight excluding hydrogens is 292 g/mol. The molecular formula is C11H14N8O3. The number of imidazole rings is 1. The summed E-state index contributed by atoms with van der Waals surface area (Å²) in [4.78, 5) is 14.7. The average molecular weight is 306 g/mol. The molecule has 4 N–H and O–H groups in total. The third-order valence-corrected chi connectivity index (χ3v) is 3.77. The zero-order valence-corrected chi connectivity index (χ0v) is 11.4. The fraction of sp³-hybridized carbons (Fsp3) is 0.545. The summed E-state index contributed by atoms with van der Waals surface area (Å²) in [5.74, 6) is 0.241. The standard InChI is InChI=1S/C11H14N8O3/c12-9-8-10(15-4-14-9)19(5-16-8)7-1-6(21)11(3-20,22-7)2-17-18-13/h4-7,20-21H,1-3H2,(H2,12,14,15)/t6?,7-,11-/m1/s1. The Labute approximate surface area is 124 Å². The molecule has 11 heteroatoms. The van der Waals surface area contributed by atoms with Crippen LogP contribution in [0.15, 0.2) is 17.8 Å². The molecule has 1 unspecified atom stereocenters. The minimum atomic E-state index is -1.34. The molecule has 0 aromatic carbocycles. The topological polar surface area (TPSA) is 168 Å². The Morgan fingerprint density at radius 3 is 3.09 bits per heavy atom. The van der Waals surface area contributed by atoms with Gasteiger partial charge in [-0.05, 0) is 5.53 Å². The van der Waals surface area contributed by atoms with Crippen molar-refractivity contribution in [1.29, 1.82) is 0 Å². The largest absolute Gasteiger partial charge is 0.393 e. The maximum absolute atomic E-state index is 10.2. The van der Waals surface area contributed by atoms with E-state index < -0.39 is 24.5 Å². The van der Waals surface area contributed by atoms with E-state index in [9.17, 15) is 10.2 Å². The molecule has 0 saturated carbocycles. The lowest BCUT2D eigenvalue weighted by Gasteiger charge is -2.28. The zero-order valence-electron chi connectivity index (χ0n) is 11.4. The molecule has 1 aliphatic rings. The maximum atomic E-state index is 10.2. The third-order valence-electron chi connectivity index (χ3n) is 3.77. The number of anilines is 1. The van der Waals surface area contributed by atoms with Gasteiger partial charge in [-0.2, -0.15) is 0 Å². The fourth-order valence-electron chi connectivity index (χ4n) is 2.54. The van der Waals surface area contributed by atoms with E-state index in [-0.39, 0.29) is 18.8 Å². The molecule has 11 nitrogen and oxygen atoms in total. The number of nitrogens with two attached hydrogens (primary N) is 1. The van der Waals surface area contributed by atoms with Gasteiger partial charge in [-0.15, -0.1) is 0 Å². The van der Waals surface area contributed by atoms with Gasteiger partial charge in [0.15, 0.2) is 11.5 Å². The van der Waals surface area contributed by atoms with Crippen LogP contribution < -0.4 is 5.73 Å². The summed E-state index contributed by atoms with van der Waals surface area (Å²) in [6.07, 6.45) is 1.37. The average Bonchev–Trinajstić information content (AvgIpc) is 3.08. The van der Waals surface area contributed by atoms with Gasteiger partial charge in [0, 0.05) is 11.3 Å². The first-order valence-corrected chi connectivity index (χ1v) is 6.52. The smallest absolute Gasteiger partial charge is 0.167 e. The number of ether oxygens (including phenoxy) is 1. The van der Waals surface area contributed by atoms with E-state index in [4.69, 9.17) is 16.0 Å². The van der Waals surface area contributed by atoms with Gasteiger partial charge in [-0.1, -0.05) is 5.11 Å². The third kappa shape index (κ3) is 2.12. The van der Waals surface area contributed by atoms with E-state index in [1.165, 1.54) is 12.7 Å². The van der Waals surface area contributed by atoms with Gasteiger partial charge in [-0.3, -0.25) is 4.57 Å². The molecule has 1 aliphatic heterocycles. The van der Waals surface area contributed by atoms with Crippen LogP contribution in [0.2, 0.25) is 0 Å². The quantitative estimate of drug-likeness (QED) is 0.396. The second kappa shape index (κ2) is 5.39. The number of aliphatic hydroxyl groups is 2. The predicted octanol–water partition coefficient (Wildman–Crippen LogP) is -0.270. The highest BCUT2D eigenvalue weighted by molar-refractivity contribution is 5.81. The van der Waals surface area contributed by atoms with E-state index >= 15 is 0 Å². The molecule has 0 radical (unpaired) electrons. The highest BCUT2D eigenvalue weighted by Gasteiger charge is 2.48. The number of azide groups is 1. The lowest BCUT2D eigenvalue weighted by Crippen LogP contribution is -2.46. The van der Waals surface area contributed by atoms with E-state index in [0.717, 1.165) is 0 Å². The van der Waals surface area contributed by atoms with E-state index in [1.54, 1.807) is 4.57 Å². The molecule has 2 aromatic rings. The number of hydrogen-bond donors (Lipinski definition) is 3. The monoisotopic (exact) mass is 306 g/mol. The molecule has 0 amide bonds. The molecule has 116 valence electrons. The lowest BCUT2D eigenvalue weighted by atomic mass is 9.98. The van der Waals surface area contributed by atoms with Crippen LogP contribution in [-0.2, 0) is 4.74 Å². The van der Waals surface area contributed by atoms with Gasteiger partial charge in [0.2, 0.25) is 0 Å². The van der Waals surface area contributed by atoms with Gasteiger partial charge in [0.25, 0.3) is 0 Å². The summed E-state index contributed by atoms with van der Waals surface area (Å²) in [7, 11) is 0. The molecule has 0 bridgehead atoms. The molecule has 22 heavy (non-hydrogen) atoms. The van der Waals surface area contributed by atoms with Gasteiger partial charge in [0.05, 0.1) is 25.6 Å². The highest BCUT2D eigenvalue weighted by atomic mass is 16.6. The normalized spacial score (nSPS) is 27.9. The Hall–Kier alpha value is -2.46. The van der Waals surface area contributed by atoms with Crippen LogP contribution in [0.25, 0.3) is 21.6 Å². The van der Waals surface area contributed by atoms with Crippen LogP contribution >= 0.6 is 0 Å². The highest BCUT2D eigenvalue weighted by Crippen LogP contribution is 2.38. The number of nitrogen functional groups attached to an aromatic ring is 1. The minimum absolute atomic E-state index is 0.179. The van der Waals surface area contributed by atoms with E-state index in [0.29, 0.717) is 11.2 Å². The molecule has 1 fully saturated rings. The second-order valence-corrected chi connectivity index (χ2v) is 5.02. The van der Waals surface area contributed by atoms with Crippen LogP contribution in [0.4, 0.5) is 5.82 Å². The number of aliphatic hydroxyl groups excluding tert-OH is 2. The number of rotatable bonds is 4. The van der Waals surface area contributed by atoms with Crippen molar-refractivity contribution in [3.05, 3.63) is 23.1 Å². The summed E-state index contributed by atoms with van der Waals surface area (Å²) in [5, 5.41) is 23.2. The zero-order chi connectivity index (χ0) is 15.7. The molecule has 0 aliphatic carbocycles. The number of aromatic nitrogens is 4. The number of hydrogen-bond acceptors (Lipinski definition) is 8. The van der Waals surface area contributed by atoms with Crippen molar-refractivity contribution >= 4 is 17.0 Å². The van der Waals surface area contributed by atoms with Crippen molar-refractivity contribution in [3.63, 3.8) is 0 Å². The molecule has 2 aromatic heterocycles. The Kier molecular flexibility index (Phi) is 3.54. The van der Waals surface area contributed by atoms with Gasteiger partial charge < -0.3 is 20.7 Å². The Balaban J connectivity index is 1.96. The molecule has 3 heterocycles. The van der Waals surface area contributed by atoms with Gasteiger partial charge in [-0.25, -0.2) is 15.0 Å². The number of fused-ring (bicyclic) bond motifs is 1. The Morgan fingerprint density at radius 2 is 2.36 bits per heavy atom. The van der Waals surface area contributed by atoms with E-state index in [2.05, 4.69) is 25.0 Å². The van der Waals surface area contributed by atoms with Crippen molar-refractivity contribution in [2.24, 2.45) is 5.11 Å². The van der Waals surface area contributed by atoms with Gasteiger partial charge >= 0.3 is 0 Å². The summed E-state index contributed by atoms with van der Waals surface area (Å²) in [6.45, 7) is -0.658. The van der Waals surface area contributed by atoms with Crippen molar-refractivity contribution in [2.45, 2.75) is 24.4 Å². The van der Waals surface area contributed by atoms with Crippen molar-refractivity contribution in [3.8, 4) is 0 Å². The summed E-state index contributed by atoms with van der Waals surface area (Å²) < 4.78 is 7.36. The van der Waals surface area contributed by atoms with Crippen molar-refractivity contribution < 1.29 is 14.9 Å². The first kappa shape index (κ1) is 14.5. The van der Waals surface area contributed by atoms with Crippen LogP contribution in [0.5, 0.6) is 0 Å². The summed E-state index contributed by atoms with van der Waals surface area (Å²) >= 11 is 0. The molecule has 3 atom stereocenters. The molecule has 1 saturated heterocycles. The predicted molar refractivity (Wildman–Crippen MR) is 74.3 cm³/mol. The van der Waals surface area contributed by atoms with Gasteiger partial charge in [0.1, 0.15) is 23.7 Å². The van der Waals surface area contributed by atoms with Crippen LogP contribution in [0, 0.1) is 0 Å². The van der Waals surface area contributed by atoms with Crippen LogP contribution in [0.1, 0.15) is 12.6 Å².